The van der Waals surface area contributed by atoms with Crippen molar-refractivity contribution in [3.05, 3.63) is 64.6 Å². The Labute approximate surface area is 192 Å². The highest BCUT2D eigenvalue weighted by atomic mass is 32.2. The lowest BCUT2D eigenvalue weighted by atomic mass is 9.87. The zero-order valence-corrected chi connectivity index (χ0v) is 19.6. The van der Waals surface area contributed by atoms with Crippen LogP contribution in [0.25, 0.3) is 6.08 Å². The van der Waals surface area contributed by atoms with E-state index in [0.717, 1.165) is 11.3 Å². The van der Waals surface area contributed by atoms with Crippen molar-refractivity contribution >= 4 is 46.3 Å². The molecule has 0 spiro atoms. The van der Waals surface area contributed by atoms with E-state index >= 15 is 0 Å². The summed E-state index contributed by atoms with van der Waals surface area (Å²) in [5.41, 5.74) is 2.16. The number of ether oxygens (including phenoxy) is 2. The molecule has 31 heavy (non-hydrogen) atoms. The molecular weight excluding hydrogens is 430 g/mol. The second-order valence-electron chi connectivity index (χ2n) is 8.12. The topological polar surface area (TPSA) is 55.8 Å². The molecule has 162 valence electrons. The second-order valence-corrected chi connectivity index (χ2v) is 9.80. The van der Waals surface area contributed by atoms with E-state index in [1.165, 1.54) is 29.1 Å². The molecule has 0 saturated carbocycles. The van der Waals surface area contributed by atoms with E-state index in [9.17, 15) is 9.59 Å². The predicted molar refractivity (Wildman–Crippen MR) is 128 cm³/mol. The van der Waals surface area contributed by atoms with E-state index in [4.69, 9.17) is 21.7 Å². The van der Waals surface area contributed by atoms with E-state index in [1.807, 2.05) is 36.4 Å². The van der Waals surface area contributed by atoms with E-state index in [0.29, 0.717) is 15.0 Å². The monoisotopic (exact) mass is 455 g/mol. The minimum Gasteiger partial charge on any atom is -0.464 e. The number of hydrogen-bond donors (Lipinski definition) is 0. The van der Waals surface area contributed by atoms with Crippen molar-refractivity contribution in [3.8, 4) is 11.5 Å². The van der Waals surface area contributed by atoms with Crippen LogP contribution in [0.5, 0.6) is 11.5 Å². The van der Waals surface area contributed by atoms with Gasteiger partial charge in [0.2, 0.25) is 0 Å². The fourth-order valence-electron chi connectivity index (χ4n) is 2.95. The van der Waals surface area contributed by atoms with Gasteiger partial charge in [0, 0.05) is 6.92 Å². The minimum absolute atomic E-state index is 0.0861. The summed E-state index contributed by atoms with van der Waals surface area (Å²) in [6, 6.07) is 15.6. The maximum Gasteiger partial charge on any atom is 0.302 e. The molecule has 1 saturated heterocycles. The van der Waals surface area contributed by atoms with Gasteiger partial charge in [-0.1, -0.05) is 69.0 Å². The van der Waals surface area contributed by atoms with Crippen molar-refractivity contribution < 1.29 is 19.1 Å². The molecule has 1 amide bonds. The number of carbonyl (C=O) groups excluding carboxylic acids is 2. The summed E-state index contributed by atoms with van der Waals surface area (Å²) in [6.07, 6.45) is 1.79. The molecule has 1 fully saturated rings. The van der Waals surface area contributed by atoms with Crippen LogP contribution in [0.4, 0.5) is 0 Å². The van der Waals surface area contributed by atoms with Gasteiger partial charge in [-0.2, -0.15) is 0 Å². The molecule has 0 N–H and O–H groups in total. The molecule has 0 aromatic heterocycles. The number of carbonyl (C=O) groups is 2. The summed E-state index contributed by atoms with van der Waals surface area (Å²) in [5, 5.41) is 0. The minimum atomic E-state index is -0.383. The summed E-state index contributed by atoms with van der Waals surface area (Å²) in [5.74, 6) is 0.863. The number of esters is 1. The number of amides is 1. The van der Waals surface area contributed by atoms with Crippen LogP contribution in [0.15, 0.2) is 53.4 Å². The van der Waals surface area contributed by atoms with Gasteiger partial charge in [-0.15, -0.1) is 0 Å². The van der Waals surface area contributed by atoms with Crippen LogP contribution in [0, 0.1) is 0 Å². The van der Waals surface area contributed by atoms with Crippen LogP contribution in [0.2, 0.25) is 0 Å². The van der Waals surface area contributed by atoms with Crippen molar-refractivity contribution in [3.63, 3.8) is 0 Å². The number of benzene rings is 2. The first-order valence-corrected chi connectivity index (χ1v) is 11.1. The van der Waals surface area contributed by atoms with Gasteiger partial charge in [0.15, 0.2) is 0 Å². The Morgan fingerprint density at radius 2 is 1.84 bits per heavy atom. The van der Waals surface area contributed by atoms with E-state index in [2.05, 4.69) is 32.9 Å². The molecule has 0 unspecified atom stereocenters. The molecule has 1 heterocycles. The Balaban J connectivity index is 1.70. The molecule has 0 atom stereocenters. The molecule has 7 heteroatoms. The summed E-state index contributed by atoms with van der Waals surface area (Å²) < 4.78 is 11.4. The molecule has 0 radical (unpaired) electrons. The maximum atomic E-state index is 12.7. The Bertz CT molecular complexity index is 1020. The van der Waals surface area contributed by atoms with Gasteiger partial charge < -0.3 is 9.47 Å². The van der Waals surface area contributed by atoms with Crippen LogP contribution in [-0.2, 0) is 19.7 Å². The Morgan fingerprint density at radius 1 is 1.13 bits per heavy atom. The third kappa shape index (κ3) is 6.18. The van der Waals surface area contributed by atoms with Gasteiger partial charge in [0.1, 0.15) is 22.4 Å². The zero-order valence-electron chi connectivity index (χ0n) is 18.0. The first-order chi connectivity index (χ1) is 14.6. The van der Waals surface area contributed by atoms with Crippen molar-refractivity contribution in [2.75, 3.05) is 13.2 Å². The quantitative estimate of drug-likeness (QED) is 0.324. The highest BCUT2D eigenvalue weighted by Crippen LogP contribution is 2.33. The summed E-state index contributed by atoms with van der Waals surface area (Å²) in [4.78, 5) is 25.6. The van der Waals surface area contributed by atoms with Crippen LogP contribution < -0.4 is 4.74 Å². The van der Waals surface area contributed by atoms with E-state index in [1.54, 1.807) is 6.08 Å². The number of rotatable bonds is 6. The zero-order chi connectivity index (χ0) is 22.6. The van der Waals surface area contributed by atoms with Gasteiger partial charge in [0.25, 0.3) is 5.91 Å². The SMILES string of the molecule is CC(=O)OCCN1C(=O)/C(=C/c2cccc(Oc3ccc(C(C)(C)C)cc3)c2)SC1=S. The Morgan fingerprint density at radius 3 is 2.48 bits per heavy atom. The third-order valence-electron chi connectivity index (χ3n) is 4.61. The highest BCUT2D eigenvalue weighted by Gasteiger charge is 2.31. The van der Waals surface area contributed by atoms with Gasteiger partial charge in [-0.3, -0.25) is 14.5 Å². The standard InChI is InChI=1S/C24H25NO4S2/c1-16(26)28-13-12-25-22(27)21(31-23(25)30)15-17-6-5-7-20(14-17)29-19-10-8-18(9-11-19)24(2,3)4/h5-11,14-15H,12-13H2,1-4H3/b21-15-. The fraction of sp³-hybridized carbons (Fsp3) is 0.292. The number of thiocarbonyl (C=S) groups is 1. The van der Waals surface area contributed by atoms with Gasteiger partial charge >= 0.3 is 5.97 Å². The van der Waals surface area contributed by atoms with Crippen LogP contribution in [0.3, 0.4) is 0 Å². The van der Waals surface area contributed by atoms with Crippen LogP contribution in [-0.4, -0.2) is 34.2 Å². The predicted octanol–water partition coefficient (Wildman–Crippen LogP) is 5.54. The van der Waals surface area contributed by atoms with E-state index in [-0.39, 0.29) is 30.4 Å². The number of thioether (sulfide) groups is 1. The van der Waals surface area contributed by atoms with Gasteiger partial charge in [0.05, 0.1) is 11.4 Å². The molecule has 1 aliphatic rings. The summed E-state index contributed by atoms with van der Waals surface area (Å²) >= 11 is 6.54. The number of hydrogen-bond acceptors (Lipinski definition) is 6. The second kappa shape index (κ2) is 9.66. The lowest BCUT2D eigenvalue weighted by Crippen LogP contribution is -2.31. The van der Waals surface area contributed by atoms with Crippen molar-refractivity contribution in [1.29, 1.82) is 0 Å². The van der Waals surface area contributed by atoms with Gasteiger partial charge in [-0.05, 0) is 46.9 Å². The molecule has 0 aliphatic carbocycles. The van der Waals surface area contributed by atoms with Crippen LogP contribution >= 0.6 is 24.0 Å². The average molecular weight is 456 g/mol. The van der Waals surface area contributed by atoms with Gasteiger partial charge in [-0.25, -0.2) is 0 Å². The highest BCUT2D eigenvalue weighted by molar-refractivity contribution is 8.26. The summed E-state index contributed by atoms with van der Waals surface area (Å²) in [7, 11) is 0. The molecular formula is C24H25NO4S2. The van der Waals surface area contributed by atoms with Crippen LogP contribution in [0.1, 0.15) is 38.8 Å². The Hall–Kier alpha value is -2.64. The maximum absolute atomic E-state index is 12.7. The van der Waals surface area contributed by atoms with E-state index < -0.39 is 0 Å². The average Bonchev–Trinajstić information content (AvgIpc) is 2.95. The first kappa shape index (κ1) is 23.0. The largest absolute Gasteiger partial charge is 0.464 e. The Kier molecular flexibility index (Phi) is 7.18. The lowest BCUT2D eigenvalue weighted by Gasteiger charge is -2.19. The fourth-order valence-corrected chi connectivity index (χ4v) is 4.26. The molecule has 0 bridgehead atoms. The molecule has 3 rings (SSSR count). The first-order valence-electron chi connectivity index (χ1n) is 9.91. The molecule has 2 aromatic carbocycles. The molecule has 5 nitrogen and oxygen atoms in total. The van der Waals surface area contributed by atoms with Crippen molar-refractivity contribution in [1.82, 2.24) is 4.90 Å². The summed E-state index contributed by atoms with van der Waals surface area (Å²) in [6.45, 7) is 8.21. The number of nitrogens with zero attached hydrogens (tertiary/aromatic N) is 1. The lowest BCUT2D eigenvalue weighted by molar-refractivity contribution is -0.142. The van der Waals surface area contributed by atoms with Crippen molar-refractivity contribution in [2.45, 2.75) is 33.1 Å². The molecule has 1 aliphatic heterocycles. The van der Waals surface area contributed by atoms with Crippen molar-refractivity contribution in [2.24, 2.45) is 0 Å². The normalized spacial score (nSPS) is 15.5. The smallest absolute Gasteiger partial charge is 0.302 e. The molecule has 2 aromatic rings. The third-order valence-corrected chi connectivity index (χ3v) is 5.98.